The molecule has 0 heterocycles. The first-order valence-electron chi connectivity index (χ1n) is 8.65. The van der Waals surface area contributed by atoms with E-state index in [4.69, 9.17) is 15.9 Å². The Morgan fingerprint density at radius 1 is 1.07 bits per heavy atom. The standard InChI is InChI=1S/C18H23N3O7S/c19-12(18(27)28)6-7-14(22)21-13(17(26)20-9-15(23)24)10-29-16(25)8-11-4-2-1-3-5-11/h1-5,12-13H,6-10,19H2,(H,20,26)(H,21,22)(H,23,24)(H,27,28). The highest BCUT2D eigenvalue weighted by Gasteiger charge is 2.23. The van der Waals surface area contributed by atoms with Crippen LogP contribution in [0.4, 0.5) is 0 Å². The first-order valence-corrected chi connectivity index (χ1v) is 9.64. The van der Waals surface area contributed by atoms with Crippen LogP contribution in [-0.4, -0.2) is 63.5 Å². The van der Waals surface area contributed by atoms with Crippen molar-refractivity contribution in [1.29, 1.82) is 0 Å². The van der Waals surface area contributed by atoms with Crippen molar-refractivity contribution in [1.82, 2.24) is 10.6 Å². The number of carboxylic acids is 2. The number of carbonyl (C=O) groups excluding carboxylic acids is 3. The summed E-state index contributed by atoms with van der Waals surface area (Å²) < 4.78 is 0. The SMILES string of the molecule is NC(CCC(=O)NC(CSC(=O)Cc1ccccc1)C(=O)NCC(=O)O)C(=O)O. The summed E-state index contributed by atoms with van der Waals surface area (Å²) in [6, 6.07) is 6.57. The van der Waals surface area contributed by atoms with Crippen molar-refractivity contribution in [3.8, 4) is 0 Å². The average molecular weight is 425 g/mol. The Labute approximate surface area is 171 Å². The fourth-order valence-electron chi connectivity index (χ4n) is 2.14. The van der Waals surface area contributed by atoms with Crippen LogP contribution in [-0.2, 0) is 30.4 Å². The molecule has 158 valence electrons. The van der Waals surface area contributed by atoms with Gasteiger partial charge in [0.1, 0.15) is 18.6 Å². The molecule has 10 nitrogen and oxygen atoms in total. The number of carboxylic acid groups (broad SMARTS) is 2. The normalized spacial score (nSPS) is 12.4. The molecule has 1 aromatic carbocycles. The summed E-state index contributed by atoms with van der Waals surface area (Å²) in [6.07, 6.45) is -0.236. The van der Waals surface area contributed by atoms with Crippen LogP contribution in [0.1, 0.15) is 18.4 Å². The highest BCUT2D eigenvalue weighted by atomic mass is 32.2. The summed E-state index contributed by atoms with van der Waals surface area (Å²) >= 11 is 0.833. The molecule has 6 N–H and O–H groups in total. The minimum absolute atomic E-state index is 0.103. The van der Waals surface area contributed by atoms with Gasteiger partial charge in [0, 0.05) is 18.6 Å². The third kappa shape index (κ3) is 10.3. The lowest BCUT2D eigenvalue weighted by atomic mass is 10.1. The Bertz CT molecular complexity index is 742. The van der Waals surface area contributed by atoms with Gasteiger partial charge in [0.2, 0.25) is 11.8 Å². The Morgan fingerprint density at radius 3 is 2.31 bits per heavy atom. The molecule has 2 amide bonds. The van der Waals surface area contributed by atoms with Crippen LogP contribution in [0.15, 0.2) is 30.3 Å². The van der Waals surface area contributed by atoms with E-state index >= 15 is 0 Å². The van der Waals surface area contributed by atoms with Crippen molar-refractivity contribution in [2.75, 3.05) is 12.3 Å². The van der Waals surface area contributed by atoms with Crippen molar-refractivity contribution in [3.05, 3.63) is 35.9 Å². The lowest BCUT2D eigenvalue weighted by Crippen LogP contribution is -2.49. The molecule has 0 spiro atoms. The molecule has 29 heavy (non-hydrogen) atoms. The van der Waals surface area contributed by atoms with Crippen molar-refractivity contribution in [2.45, 2.75) is 31.3 Å². The largest absolute Gasteiger partial charge is 0.480 e. The second kappa shape index (κ2) is 12.5. The molecule has 11 heteroatoms. The summed E-state index contributed by atoms with van der Waals surface area (Å²) in [5.74, 6) is -4.01. The maximum atomic E-state index is 12.2. The number of aliphatic carboxylic acids is 2. The van der Waals surface area contributed by atoms with Crippen LogP contribution in [0.3, 0.4) is 0 Å². The van der Waals surface area contributed by atoms with Gasteiger partial charge in [-0.25, -0.2) is 0 Å². The van der Waals surface area contributed by atoms with Gasteiger partial charge >= 0.3 is 11.9 Å². The number of rotatable bonds is 12. The molecule has 0 aromatic heterocycles. The molecule has 2 atom stereocenters. The molecule has 1 aromatic rings. The first kappa shape index (κ1) is 24.1. The van der Waals surface area contributed by atoms with E-state index in [1.165, 1.54) is 0 Å². The van der Waals surface area contributed by atoms with Crippen molar-refractivity contribution in [2.24, 2.45) is 5.73 Å². The molecule has 0 fully saturated rings. The molecular weight excluding hydrogens is 402 g/mol. The molecule has 0 saturated carbocycles. The van der Waals surface area contributed by atoms with Crippen LogP contribution >= 0.6 is 11.8 Å². The molecular formula is C18H23N3O7S. The van der Waals surface area contributed by atoms with Gasteiger partial charge in [-0.1, -0.05) is 42.1 Å². The number of nitrogens with one attached hydrogen (secondary N) is 2. The van der Waals surface area contributed by atoms with Crippen LogP contribution in [0.5, 0.6) is 0 Å². The number of hydrogen-bond donors (Lipinski definition) is 5. The zero-order valence-corrected chi connectivity index (χ0v) is 16.3. The summed E-state index contributed by atoms with van der Waals surface area (Å²) in [4.78, 5) is 57.6. The first-order chi connectivity index (χ1) is 13.7. The maximum Gasteiger partial charge on any atom is 0.322 e. The third-order valence-corrected chi connectivity index (χ3v) is 4.63. The predicted molar refractivity (Wildman–Crippen MR) is 105 cm³/mol. The van der Waals surface area contributed by atoms with E-state index in [1.54, 1.807) is 24.3 Å². The Kier molecular flexibility index (Phi) is 10.4. The van der Waals surface area contributed by atoms with Crippen LogP contribution in [0, 0.1) is 0 Å². The quantitative estimate of drug-likeness (QED) is 0.292. The fourth-order valence-corrected chi connectivity index (χ4v) is 2.99. The molecule has 2 unspecified atom stereocenters. The van der Waals surface area contributed by atoms with E-state index in [0.29, 0.717) is 0 Å². The third-order valence-electron chi connectivity index (χ3n) is 3.67. The van der Waals surface area contributed by atoms with Gasteiger partial charge in [-0.15, -0.1) is 0 Å². The molecule has 0 radical (unpaired) electrons. The summed E-state index contributed by atoms with van der Waals surface area (Å²) in [7, 11) is 0. The highest BCUT2D eigenvalue weighted by molar-refractivity contribution is 8.13. The molecule has 0 aliphatic carbocycles. The maximum absolute atomic E-state index is 12.2. The van der Waals surface area contributed by atoms with Gasteiger partial charge in [0.25, 0.3) is 0 Å². The Hall–Kier alpha value is -2.92. The Balaban J connectivity index is 2.63. The molecule has 0 bridgehead atoms. The van der Waals surface area contributed by atoms with E-state index in [1.807, 2.05) is 6.07 Å². The van der Waals surface area contributed by atoms with E-state index in [0.717, 1.165) is 17.3 Å². The van der Waals surface area contributed by atoms with Gasteiger partial charge in [0.05, 0.1) is 0 Å². The zero-order chi connectivity index (χ0) is 21.8. The molecule has 0 aliphatic heterocycles. The second-order valence-electron chi connectivity index (χ2n) is 6.06. The summed E-state index contributed by atoms with van der Waals surface area (Å²) in [5.41, 5.74) is 6.13. The van der Waals surface area contributed by atoms with Crippen LogP contribution < -0.4 is 16.4 Å². The van der Waals surface area contributed by atoms with Crippen molar-refractivity contribution >= 4 is 40.6 Å². The summed E-state index contributed by atoms with van der Waals surface area (Å²) in [5, 5.41) is 21.7. The van der Waals surface area contributed by atoms with Gasteiger partial charge < -0.3 is 26.6 Å². The lowest BCUT2D eigenvalue weighted by Gasteiger charge is -2.18. The van der Waals surface area contributed by atoms with Crippen molar-refractivity contribution < 1.29 is 34.2 Å². The number of amides is 2. The monoisotopic (exact) mass is 425 g/mol. The van der Waals surface area contributed by atoms with E-state index < -0.39 is 42.4 Å². The van der Waals surface area contributed by atoms with Gasteiger partial charge in [-0.05, 0) is 12.0 Å². The topological polar surface area (TPSA) is 176 Å². The van der Waals surface area contributed by atoms with Gasteiger partial charge in [-0.3, -0.25) is 24.0 Å². The molecule has 0 aliphatic rings. The van der Waals surface area contributed by atoms with E-state index in [9.17, 15) is 24.0 Å². The average Bonchev–Trinajstić information content (AvgIpc) is 2.67. The minimum Gasteiger partial charge on any atom is -0.480 e. The minimum atomic E-state index is -1.26. The Morgan fingerprint density at radius 2 is 1.72 bits per heavy atom. The van der Waals surface area contributed by atoms with Crippen LogP contribution in [0.25, 0.3) is 0 Å². The number of thioether (sulfide) groups is 1. The van der Waals surface area contributed by atoms with Crippen LogP contribution in [0.2, 0.25) is 0 Å². The number of nitrogens with two attached hydrogens (primary N) is 1. The van der Waals surface area contributed by atoms with Gasteiger partial charge in [0.15, 0.2) is 5.12 Å². The van der Waals surface area contributed by atoms with E-state index in [-0.39, 0.29) is 30.1 Å². The van der Waals surface area contributed by atoms with Gasteiger partial charge in [-0.2, -0.15) is 0 Å². The summed E-state index contributed by atoms with van der Waals surface area (Å²) in [6.45, 7) is -0.641. The molecule has 1 rings (SSSR count). The zero-order valence-electron chi connectivity index (χ0n) is 15.5. The number of carbonyl (C=O) groups is 5. The van der Waals surface area contributed by atoms with Crippen molar-refractivity contribution in [3.63, 3.8) is 0 Å². The fraction of sp³-hybridized carbons (Fsp3) is 0.389. The second-order valence-corrected chi connectivity index (χ2v) is 7.14. The predicted octanol–water partition coefficient (Wildman–Crippen LogP) is -0.633. The highest BCUT2D eigenvalue weighted by Crippen LogP contribution is 2.11. The number of benzene rings is 1. The smallest absolute Gasteiger partial charge is 0.322 e. The number of hydrogen-bond acceptors (Lipinski definition) is 7. The lowest BCUT2D eigenvalue weighted by molar-refractivity contribution is -0.139. The van der Waals surface area contributed by atoms with E-state index in [2.05, 4.69) is 10.6 Å². The molecule has 0 saturated heterocycles.